The number of hydrogen-bond acceptors (Lipinski definition) is 1. The van der Waals surface area contributed by atoms with Crippen molar-refractivity contribution in [2.45, 2.75) is 81.1 Å². The number of aliphatic hydroxyl groups excluding tert-OH is 1. The summed E-state index contributed by atoms with van der Waals surface area (Å²) in [5.74, 6) is 0.227. The Morgan fingerprint density at radius 1 is 1.24 bits per heavy atom. The minimum atomic E-state index is 0.145. The maximum atomic E-state index is 9.76. The Morgan fingerprint density at radius 2 is 1.88 bits per heavy atom. The summed E-state index contributed by atoms with van der Waals surface area (Å²) in [5, 5.41) is 9.76. The number of hydrogen-bond donors (Lipinski definition) is 1. The standard InChI is InChI=1S/C24H38O/c1-16(11-12-21-17(2)10-9-13-24(21,7)8)14-19-20(15-25)18(3)22(19)23(4,5)6/h11,14,20,25H,9-10,12-13,15H2,1-8H3/b16-11+,19-14+. The molecule has 0 bridgehead atoms. The van der Waals surface area contributed by atoms with E-state index in [4.69, 9.17) is 0 Å². The van der Waals surface area contributed by atoms with Crippen LogP contribution in [0.3, 0.4) is 0 Å². The molecule has 2 rings (SSSR count). The summed E-state index contributed by atoms with van der Waals surface area (Å²) >= 11 is 0. The van der Waals surface area contributed by atoms with Crippen molar-refractivity contribution < 1.29 is 5.11 Å². The maximum Gasteiger partial charge on any atom is 0.0537 e. The highest BCUT2D eigenvalue weighted by Gasteiger charge is 2.37. The fraction of sp³-hybridized carbons (Fsp3) is 0.667. The van der Waals surface area contributed by atoms with Crippen LogP contribution in [0.1, 0.15) is 81.1 Å². The highest BCUT2D eigenvalue weighted by atomic mass is 16.3. The van der Waals surface area contributed by atoms with Crippen LogP contribution in [0.4, 0.5) is 0 Å². The van der Waals surface area contributed by atoms with E-state index >= 15 is 0 Å². The monoisotopic (exact) mass is 342 g/mol. The van der Waals surface area contributed by atoms with Gasteiger partial charge in [-0.3, -0.25) is 0 Å². The largest absolute Gasteiger partial charge is 0.395 e. The van der Waals surface area contributed by atoms with Gasteiger partial charge in [0.15, 0.2) is 0 Å². The third-order valence-electron chi connectivity index (χ3n) is 6.21. The molecule has 0 heterocycles. The van der Waals surface area contributed by atoms with E-state index in [0.29, 0.717) is 5.41 Å². The molecule has 0 spiro atoms. The Labute approximate surface area is 155 Å². The lowest BCUT2D eigenvalue weighted by atomic mass is 9.63. The Kier molecular flexibility index (Phi) is 5.88. The van der Waals surface area contributed by atoms with Crippen LogP contribution < -0.4 is 0 Å². The molecule has 0 aliphatic heterocycles. The van der Waals surface area contributed by atoms with E-state index in [1.165, 1.54) is 41.6 Å². The third-order valence-corrected chi connectivity index (χ3v) is 6.21. The van der Waals surface area contributed by atoms with Gasteiger partial charge in [0.1, 0.15) is 0 Å². The molecule has 1 nitrogen and oxygen atoms in total. The zero-order valence-corrected chi connectivity index (χ0v) is 17.7. The van der Waals surface area contributed by atoms with Crippen LogP contribution in [0.5, 0.6) is 0 Å². The molecule has 1 N–H and O–H groups in total. The fourth-order valence-electron chi connectivity index (χ4n) is 4.86. The van der Waals surface area contributed by atoms with Crippen molar-refractivity contribution in [3.8, 4) is 0 Å². The quantitative estimate of drug-likeness (QED) is 0.559. The van der Waals surface area contributed by atoms with Gasteiger partial charge in [-0.2, -0.15) is 0 Å². The molecule has 1 atom stereocenters. The predicted octanol–water partition coefficient (Wildman–Crippen LogP) is 6.76. The average Bonchev–Trinajstić information content (AvgIpc) is 2.44. The van der Waals surface area contributed by atoms with Crippen LogP contribution in [-0.4, -0.2) is 11.7 Å². The lowest BCUT2D eigenvalue weighted by Gasteiger charge is -2.41. The van der Waals surface area contributed by atoms with Crippen LogP contribution in [-0.2, 0) is 0 Å². The Bertz CT molecular complexity index is 644. The number of rotatable bonds is 4. The zero-order valence-electron chi connectivity index (χ0n) is 17.7. The second-order valence-electron chi connectivity index (χ2n) is 9.79. The van der Waals surface area contributed by atoms with Crippen molar-refractivity contribution in [2.75, 3.05) is 6.61 Å². The second kappa shape index (κ2) is 7.27. The molecular formula is C24H38O. The van der Waals surface area contributed by atoms with Gasteiger partial charge in [0.2, 0.25) is 0 Å². The first-order valence-corrected chi connectivity index (χ1v) is 9.89. The molecule has 0 saturated heterocycles. The third kappa shape index (κ3) is 4.19. The van der Waals surface area contributed by atoms with Gasteiger partial charge in [-0.25, -0.2) is 0 Å². The summed E-state index contributed by atoms with van der Waals surface area (Å²) in [5.41, 5.74) is 9.17. The van der Waals surface area contributed by atoms with E-state index in [9.17, 15) is 5.11 Å². The normalized spacial score (nSPS) is 26.4. The Balaban J connectivity index is 2.25. The molecule has 1 heteroatoms. The second-order valence-corrected chi connectivity index (χ2v) is 9.79. The summed E-state index contributed by atoms with van der Waals surface area (Å²) in [6.07, 6.45) is 9.66. The predicted molar refractivity (Wildman–Crippen MR) is 110 cm³/mol. The van der Waals surface area contributed by atoms with Crippen LogP contribution in [0.15, 0.2) is 45.6 Å². The van der Waals surface area contributed by atoms with Crippen molar-refractivity contribution in [1.29, 1.82) is 0 Å². The molecule has 0 aromatic rings. The molecule has 0 saturated carbocycles. The fourth-order valence-corrected chi connectivity index (χ4v) is 4.86. The van der Waals surface area contributed by atoms with Gasteiger partial charge >= 0.3 is 0 Å². The van der Waals surface area contributed by atoms with Crippen molar-refractivity contribution in [2.24, 2.45) is 16.7 Å². The first-order valence-electron chi connectivity index (χ1n) is 9.89. The van der Waals surface area contributed by atoms with Gasteiger partial charge < -0.3 is 5.11 Å². The van der Waals surface area contributed by atoms with Gasteiger partial charge in [-0.15, -0.1) is 0 Å². The van der Waals surface area contributed by atoms with Gasteiger partial charge in [-0.05, 0) is 68.4 Å². The van der Waals surface area contributed by atoms with Gasteiger partial charge in [-0.1, -0.05) is 69.1 Å². The molecule has 0 aromatic carbocycles. The van der Waals surface area contributed by atoms with Crippen LogP contribution >= 0.6 is 0 Å². The van der Waals surface area contributed by atoms with Crippen molar-refractivity contribution in [3.63, 3.8) is 0 Å². The van der Waals surface area contributed by atoms with Crippen molar-refractivity contribution in [3.05, 3.63) is 45.6 Å². The van der Waals surface area contributed by atoms with Crippen molar-refractivity contribution >= 4 is 0 Å². The summed E-state index contributed by atoms with van der Waals surface area (Å²) in [4.78, 5) is 0. The molecule has 0 fully saturated rings. The highest BCUT2D eigenvalue weighted by Crippen LogP contribution is 2.49. The minimum absolute atomic E-state index is 0.145. The van der Waals surface area contributed by atoms with Gasteiger partial charge in [0.05, 0.1) is 6.61 Å². The van der Waals surface area contributed by atoms with Crippen LogP contribution in [0, 0.1) is 16.7 Å². The molecule has 1 unspecified atom stereocenters. The van der Waals surface area contributed by atoms with E-state index in [0.717, 1.165) is 6.42 Å². The Hall–Kier alpha value is -1.08. The molecule has 2 aliphatic rings. The molecule has 0 aromatic heterocycles. The lowest BCUT2D eigenvalue weighted by Crippen LogP contribution is -2.31. The molecule has 25 heavy (non-hydrogen) atoms. The maximum absolute atomic E-state index is 9.76. The van der Waals surface area contributed by atoms with E-state index in [-0.39, 0.29) is 17.9 Å². The smallest absolute Gasteiger partial charge is 0.0537 e. The van der Waals surface area contributed by atoms with E-state index < -0.39 is 0 Å². The SMILES string of the molecule is CC1=C(C/C=C(C)/C=C2/C(C(C)(C)C)=C(C)C2CO)C(C)(C)CCC1. The van der Waals surface area contributed by atoms with Crippen molar-refractivity contribution in [1.82, 2.24) is 0 Å². The van der Waals surface area contributed by atoms with Crippen LogP contribution in [0.2, 0.25) is 0 Å². The summed E-state index contributed by atoms with van der Waals surface area (Å²) in [6, 6.07) is 0. The Morgan fingerprint density at radius 3 is 2.40 bits per heavy atom. The molecule has 0 radical (unpaired) electrons. The topological polar surface area (TPSA) is 20.2 Å². The molecule has 2 aliphatic carbocycles. The molecule has 140 valence electrons. The van der Waals surface area contributed by atoms with E-state index in [2.05, 4.69) is 67.5 Å². The first kappa shape index (κ1) is 20.2. The highest BCUT2D eigenvalue weighted by molar-refractivity contribution is 5.56. The number of allylic oxidation sites excluding steroid dienone is 6. The lowest BCUT2D eigenvalue weighted by molar-refractivity contribution is 0.249. The minimum Gasteiger partial charge on any atom is -0.395 e. The number of aliphatic hydroxyl groups is 1. The molecule has 0 amide bonds. The molecular weight excluding hydrogens is 304 g/mol. The summed E-state index contributed by atoms with van der Waals surface area (Å²) < 4.78 is 0. The summed E-state index contributed by atoms with van der Waals surface area (Å²) in [6.45, 7) is 18.5. The average molecular weight is 343 g/mol. The van der Waals surface area contributed by atoms with E-state index in [1.807, 2.05) is 0 Å². The zero-order chi connectivity index (χ0) is 19.0. The van der Waals surface area contributed by atoms with E-state index in [1.54, 1.807) is 11.1 Å². The van der Waals surface area contributed by atoms with Gasteiger partial charge in [0.25, 0.3) is 0 Å². The van der Waals surface area contributed by atoms with Crippen LogP contribution in [0.25, 0.3) is 0 Å². The summed E-state index contributed by atoms with van der Waals surface area (Å²) in [7, 11) is 0. The first-order chi connectivity index (χ1) is 11.5. The van der Waals surface area contributed by atoms with Gasteiger partial charge in [0, 0.05) is 5.92 Å².